The van der Waals surface area contributed by atoms with Gasteiger partial charge < -0.3 is 10.6 Å². The van der Waals surface area contributed by atoms with Crippen molar-refractivity contribution < 1.29 is 0 Å². The van der Waals surface area contributed by atoms with Crippen LogP contribution >= 0.6 is 15.9 Å². The molecule has 0 amide bonds. The Morgan fingerprint density at radius 2 is 2.24 bits per heavy atom. The summed E-state index contributed by atoms with van der Waals surface area (Å²) in [5.41, 5.74) is 7.67. The molecule has 3 N–H and O–H groups in total. The fourth-order valence-corrected chi connectivity index (χ4v) is 3.56. The number of fused-ring (bicyclic) bond motifs is 2. The SMILES string of the molecule is N=C(N)c1cc(Br)ccc1N1CC2CCC1C2. The molecule has 17 heavy (non-hydrogen) atoms. The Morgan fingerprint density at radius 3 is 2.82 bits per heavy atom. The summed E-state index contributed by atoms with van der Waals surface area (Å²) in [7, 11) is 0. The van der Waals surface area contributed by atoms with E-state index in [1.54, 1.807) is 0 Å². The number of nitrogens with two attached hydrogens (primary N) is 1. The summed E-state index contributed by atoms with van der Waals surface area (Å²) in [6.45, 7) is 1.13. The molecule has 2 fully saturated rings. The summed E-state index contributed by atoms with van der Waals surface area (Å²) in [6, 6.07) is 6.73. The second kappa shape index (κ2) is 4.02. The van der Waals surface area contributed by atoms with Gasteiger partial charge >= 0.3 is 0 Å². The van der Waals surface area contributed by atoms with Crippen molar-refractivity contribution in [2.45, 2.75) is 25.3 Å². The summed E-state index contributed by atoms with van der Waals surface area (Å²) in [5.74, 6) is 1.01. The van der Waals surface area contributed by atoms with Gasteiger partial charge in [0.05, 0.1) is 0 Å². The lowest BCUT2D eigenvalue weighted by molar-refractivity contribution is 0.553. The van der Waals surface area contributed by atoms with Gasteiger partial charge in [0, 0.05) is 28.3 Å². The number of nitrogens with zero attached hydrogens (tertiary/aromatic N) is 1. The molecule has 2 unspecified atom stereocenters. The molecule has 1 aromatic carbocycles. The van der Waals surface area contributed by atoms with Crippen LogP contribution in [0.15, 0.2) is 22.7 Å². The van der Waals surface area contributed by atoms with E-state index in [0.717, 1.165) is 28.2 Å². The van der Waals surface area contributed by atoms with Gasteiger partial charge in [-0.2, -0.15) is 0 Å². The summed E-state index contributed by atoms with van der Waals surface area (Å²) >= 11 is 3.44. The van der Waals surface area contributed by atoms with E-state index in [9.17, 15) is 0 Å². The van der Waals surface area contributed by atoms with Crippen LogP contribution < -0.4 is 10.6 Å². The van der Waals surface area contributed by atoms with Crippen LogP contribution in [-0.2, 0) is 0 Å². The highest BCUT2D eigenvalue weighted by molar-refractivity contribution is 9.10. The van der Waals surface area contributed by atoms with Gasteiger partial charge in [-0.05, 0) is 43.4 Å². The highest BCUT2D eigenvalue weighted by atomic mass is 79.9. The fourth-order valence-electron chi connectivity index (χ4n) is 3.19. The van der Waals surface area contributed by atoms with Crippen LogP contribution in [0, 0.1) is 11.3 Å². The highest BCUT2D eigenvalue weighted by Gasteiger charge is 2.38. The zero-order valence-electron chi connectivity index (χ0n) is 9.62. The first-order valence-corrected chi connectivity index (χ1v) is 6.85. The minimum atomic E-state index is 0.157. The second-order valence-corrected chi connectivity index (χ2v) is 5.98. The van der Waals surface area contributed by atoms with Gasteiger partial charge in [0.15, 0.2) is 0 Å². The van der Waals surface area contributed by atoms with Crippen molar-refractivity contribution in [3.63, 3.8) is 0 Å². The van der Waals surface area contributed by atoms with E-state index in [4.69, 9.17) is 11.1 Å². The van der Waals surface area contributed by atoms with Crippen molar-refractivity contribution in [2.24, 2.45) is 11.7 Å². The Morgan fingerprint density at radius 1 is 1.41 bits per heavy atom. The van der Waals surface area contributed by atoms with E-state index in [0.29, 0.717) is 6.04 Å². The summed E-state index contributed by atoms with van der Waals surface area (Å²) in [5, 5.41) is 7.70. The van der Waals surface area contributed by atoms with E-state index < -0.39 is 0 Å². The average Bonchev–Trinajstić information content (AvgIpc) is 2.90. The van der Waals surface area contributed by atoms with Gasteiger partial charge in [-0.3, -0.25) is 5.41 Å². The quantitative estimate of drug-likeness (QED) is 0.651. The zero-order chi connectivity index (χ0) is 12.0. The molecule has 4 heteroatoms. The first-order chi connectivity index (χ1) is 8.15. The maximum atomic E-state index is 7.70. The van der Waals surface area contributed by atoms with E-state index in [2.05, 4.69) is 26.9 Å². The third-order valence-electron chi connectivity index (χ3n) is 3.97. The minimum Gasteiger partial charge on any atom is -0.384 e. The van der Waals surface area contributed by atoms with Crippen LogP contribution in [0.5, 0.6) is 0 Å². The molecule has 90 valence electrons. The largest absolute Gasteiger partial charge is 0.384 e. The molecular formula is C13H16BrN3. The lowest BCUT2D eigenvalue weighted by atomic mass is 10.1. The van der Waals surface area contributed by atoms with Crippen LogP contribution in [-0.4, -0.2) is 18.4 Å². The maximum absolute atomic E-state index is 7.70. The van der Waals surface area contributed by atoms with Gasteiger partial charge in [0.25, 0.3) is 0 Å². The molecule has 1 saturated carbocycles. The lowest BCUT2D eigenvalue weighted by Gasteiger charge is -2.30. The highest BCUT2D eigenvalue weighted by Crippen LogP contribution is 2.41. The van der Waals surface area contributed by atoms with Gasteiger partial charge in [-0.1, -0.05) is 15.9 Å². The third kappa shape index (κ3) is 1.84. The molecule has 1 aromatic rings. The number of anilines is 1. The van der Waals surface area contributed by atoms with Crippen molar-refractivity contribution >= 4 is 27.5 Å². The van der Waals surface area contributed by atoms with Crippen molar-refractivity contribution in [1.82, 2.24) is 0 Å². The number of nitrogen functional groups attached to an aromatic ring is 1. The van der Waals surface area contributed by atoms with Crippen LogP contribution in [0.4, 0.5) is 5.69 Å². The number of nitrogens with one attached hydrogen (secondary N) is 1. The standard InChI is InChI=1S/C13H16BrN3/c14-9-2-4-12(11(6-9)13(15)16)17-7-8-1-3-10(17)5-8/h2,4,6,8,10H,1,3,5,7H2,(H3,15,16). The number of piperidine rings is 1. The first-order valence-electron chi connectivity index (χ1n) is 6.05. The van der Waals surface area contributed by atoms with E-state index >= 15 is 0 Å². The van der Waals surface area contributed by atoms with Crippen LogP contribution in [0.2, 0.25) is 0 Å². The maximum Gasteiger partial charge on any atom is 0.124 e. The molecule has 0 radical (unpaired) electrons. The molecule has 1 aliphatic heterocycles. The molecule has 1 saturated heterocycles. The van der Waals surface area contributed by atoms with Crippen LogP contribution in [0.3, 0.4) is 0 Å². The van der Waals surface area contributed by atoms with Crippen LogP contribution in [0.1, 0.15) is 24.8 Å². The Hall–Kier alpha value is -1.03. The monoisotopic (exact) mass is 293 g/mol. The van der Waals surface area contributed by atoms with Gasteiger partial charge in [-0.15, -0.1) is 0 Å². The van der Waals surface area contributed by atoms with E-state index in [1.807, 2.05) is 12.1 Å². The molecule has 1 aliphatic carbocycles. The Labute approximate surface area is 110 Å². The summed E-state index contributed by atoms with van der Waals surface area (Å²) in [6.07, 6.45) is 3.97. The number of amidine groups is 1. The molecular weight excluding hydrogens is 278 g/mol. The lowest BCUT2D eigenvalue weighted by Crippen LogP contribution is -2.33. The molecule has 3 rings (SSSR count). The molecule has 1 heterocycles. The zero-order valence-corrected chi connectivity index (χ0v) is 11.2. The molecule has 3 nitrogen and oxygen atoms in total. The molecule has 0 aromatic heterocycles. The van der Waals surface area contributed by atoms with Gasteiger partial charge in [0.2, 0.25) is 0 Å². The second-order valence-electron chi connectivity index (χ2n) is 5.06. The van der Waals surface area contributed by atoms with Crippen molar-refractivity contribution in [3.05, 3.63) is 28.2 Å². The Bertz CT molecular complexity index is 472. The normalized spacial score (nSPS) is 26.5. The molecule has 2 aliphatic rings. The first kappa shape index (κ1) is 11.1. The topological polar surface area (TPSA) is 53.1 Å². The number of hydrogen-bond donors (Lipinski definition) is 2. The molecule has 2 bridgehead atoms. The van der Waals surface area contributed by atoms with Crippen molar-refractivity contribution in [1.29, 1.82) is 5.41 Å². The van der Waals surface area contributed by atoms with Crippen LogP contribution in [0.25, 0.3) is 0 Å². The number of hydrogen-bond acceptors (Lipinski definition) is 2. The average molecular weight is 294 g/mol. The van der Waals surface area contributed by atoms with E-state index in [-0.39, 0.29) is 5.84 Å². The predicted molar refractivity (Wildman–Crippen MR) is 73.6 cm³/mol. The Kier molecular flexibility index (Phi) is 2.62. The molecule has 2 atom stereocenters. The van der Waals surface area contributed by atoms with Gasteiger partial charge in [-0.25, -0.2) is 0 Å². The number of halogens is 1. The number of benzene rings is 1. The smallest absolute Gasteiger partial charge is 0.124 e. The third-order valence-corrected chi connectivity index (χ3v) is 4.46. The Balaban J connectivity index is 2.00. The van der Waals surface area contributed by atoms with Crippen molar-refractivity contribution in [3.8, 4) is 0 Å². The predicted octanol–water partition coefficient (Wildman–Crippen LogP) is 2.72. The summed E-state index contributed by atoms with van der Waals surface area (Å²) < 4.78 is 0.982. The van der Waals surface area contributed by atoms with Crippen molar-refractivity contribution in [2.75, 3.05) is 11.4 Å². The summed E-state index contributed by atoms with van der Waals surface area (Å²) in [4.78, 5) is 2.44. The minimum absolute atomic E-state index is 0.157. The number of rotatable bonds is 2. The van der Waals surface area contributed by atoms with E-state index in [1.165, 1.54) is 19.3 Å². The van der Waals surface area contributed by atoms with Gasteiger partial charge in [0.1, 0.15) is 5.84 Å². The molecule has 0 spiro atoms. The fraction of sp³-hybridized carbons (Fsp3) is 0.462.